The molecule has 0 bridgehead atoms. The Morgan fingerprint density at radius 1 is 1.29 bits per heavy atom. The fourth-order valence-corrected chi connectivity index (χ4v) is 4.25. The molecule has 6 nitrogen and oxygen atoms in total. The second kappa shape index (κ2) is 10.0. The van der Waals surface area contributed by atoms with Gasteiger partial charge in [0.05, 0.1) is 30.7 Å². The lowest BCUT2D eigenvalue weighted by atomic mass is 10.0. The van der Waals surface area contributed by atoms with Gasteiger partial charge in [-0.2, -0.15) is 0 Å². The maximum absolute atomic E-state index is 13.3. The van der Waals surface area contributed by atoms with Crippen LogP contribution in [0.15, 0.2) is 28.8 Å². The van der Waals surface area contributed by atoms with Crippen molar-refractivity contribution in [2.24, 2.45) is 0 Å². The van der Waals surface area contributed by atoms with Gasteiger partial charge in [0.1, 0.15) is 11.6 Å². The maximum atomic E-state index is 13.3. The molecule has 1 atom stereocenters. The second-order valence-corrected chi connectivity index (χ2v) is 7.80. The number of rotatable bonds is 8. The Kier molecular flexibility index (Phi) is 7.47. The fraction of sp³-hybridized carbons (Fsp3) is 0.500. The summed E-state index contributed by atoms with van der Waals surface area (Å²) in [7, 11) is 0. The van der Waals surface area contributed by atoms with Crippen LogP contribution in [0.25, 0.3) is 0 Å². The zero-order valence-corrected chi connectivity index (χ0v) is 17.1. The average molecular weight is 408 g/mol. The van der Waals surface area contributed by atoms with Crippen molar-refractivity contribution in [2.45, 2.75) is 25.6 Å². The smallest absolute Gasteiger partial charge is 0.230 e. The summed E-state index contributed by atoms with van der Waals surface area (Å²) < 4.78 is 23.9. The molecule has 0 saturated carbocycles. The van der Waals surface area contributed by atoms with Crippen molar-refractivity contribution in [3.8, 4) is 0 Å². The van der Waals surface area contributed by atoms with Crippen molar-refractivity contribution in [1.82, 2.24) is 15.4 Å². The standard InChI is InChI=1S/C20H26FN3O3S/c1-14-18(15(2)27-23-14)12-28-13-20(25)22-11-19(24-7-9-26-10-8-24)16-3-5-17(21)6-4-16/h3-6,19H,7-13H2,1-2H3,(H,22,25). The molecular formula is C20H26FN3O3S. The highest BCUT2D eigenvalue weighted by molar-refractivity contribution is 7.99. The van der Waals surface area contributed by atoms with Crippen molar-refractivity contribution in [1.29, 1.82) is 0 Å². The minimum atomic E-state index is -0.260. The third-order valence-electron chi connectivity index (χ3n) is 4.89. The number of nitrogens with one attached hydrogen (secondary N) is 1. The lowest BCUT2D eigenvalue weighted by molar-refractivity contribution is -0.118. The van der Waals surface area contributed by atoms with E-state index in [9.17, 15) is 9.18 Å². The molecule has 2 aromatic rings. The van der Waals surface area contributed by atoms with E-state index in [2.05, 4.69) is 15.4 Å². The third kappa shape index (κ3) is 5.56. The fourth-order valence-electron chi connectivity index (χ4n) is 3.25. The predicted molar refractivity (Wildman–Crippen MR) is 107 cm³/mol. The quantitative estimate of drug-likeness (QED) is 0.726. The summed E-state index contributed by atoms with van der Waals surface area (Å²) >= 11 is 1.54. The molecule has 28 heavy (non-hydrogen) atoms. The van der Waals surface area contributed by atoms with E-state index in [1.165, 1.54) is 23.9 Å². The highest BCUT2D eigenvalue weighted by Gasteiger charge is 2.23. The highest BCUT2D eigenvalue weighted by Crippen LogP contribution is 2.22. The average Bonchev–Trinajstić information content (AvgIpc) is 3.02. The molecule has 0 spiro atoms. The van der Waals surface area contributed by atoms with Crippen LogP contribution in [-0.4, -0.2) is 54.6 Å². The molecule has 1 aliphatic rings. The van der Waals surface area contributed by atoms with E-state index >= 15 is 0 Å². The summed E-state index contributed by atoms with van der Waals surface area (Å²) in [5, 5.41) is 6.96. The minimum absolute atomic E-state index is 0.000938. The van der Waals surface area contributed by atoms with E-state index in [-0.39, 0.29) is 17.8 Å². The molecule has 1 fully saturated rings. The van der Waals surface area contributed by atoms with Crippen LogP contribution in [0.1, 0.15) is 28.6 Å². The van der Waals surface area contributed by atoms with E-state index in [0.29, 0.717) is 31.3 Å². The van der Waals surface area contributed by atoms with Crippen molar-refractivity contribution in [3.63, 3.8) is 0 Å². The predicted octanol–water partition coefficient (Wildman–Crippen LogP) is 2.85. The van der Waals surface area contributed by atoms with Gasteiger partial charge in [0.2, 0.25) is 5.91 Å². The molecule has 8 heteroatoms. The number of carbonyl (C=O) groups excluding carboxylic acids is 1. The number of ether oxygens (including phenoxy) is 1. The van der Waals surface area contributed by atoms with Crippen LogP contribution in [0.2, 0.25) is 0 Å². The van der Waals surface area contributed by atoms with Crippen molar-refractivity contribution >= 4 is 17.7 Å². The molecule has 152 valence electrons. The highest BCUT2D eigenvalue weighted by atomic mass is 32.2. The molecule has 0 radical (unpaired) electrons. The van der Waals surface area contributed by atoms with Gasteiger partial charge in [-0.25, -0.2) is 4.39 Å². The van der Waals surface area contributed by atoms with E-state index in [1.807, 2.05) is 13.8 Å². The first-order valence-electron chi connectivity index (χ1n) is 9.38. The largest absolute Gasteiger partial charge is 0.379 e. The van der Waals surface area contributed by atoms with E-state index < -0.39 is 0 Å². The van der Waals surface area contributed by atoms with E-state index in [4.69, 9.17) is 9.26 Å². The van der Waals surface area contributed by atoms with Gasteiger partial charge in [0.15, 0.2) is 0 Å². The normalized spacial score (nSPS) is 16.1. The topological polar surface area (TPSA) is 67.6 Å². The van der Waals surface area contributed by atoms with Crippen LogP contribution in [-0.2, 0) is 15.3 Å². The number of morpholine rings is 1. The molecule has 1 N–H and O–H groups in total. The number of benzene rings is 1. The number of nitrogens with zero attached hydrogens (tertiary/aromatic N) is 2. The van der Waals surface area contributed by atoms with Gasteiger partial charge in [-0.1, -0.05) is 17.3 Å². The SMILES string of the molecule is Cc1noc(C)c1CSCC(=O)NCC(c1ccc(F)cc1)N1CCOCC1. The lowest BCUT2D eigenvalue weighted by Crippen LogP contribution is -2.44. The lowest BCUT2D eigenvalue weighted by Gasteiger charge is -2.35. The van der Waals surface area contributed by atoms with Gasteiger partial charge in [0, 0.05) is 31.0 Å². The number of carbonyl (C=O) groups is 1. The number of aryl methyl sites for hydroxylation is 2. The molecule has 0 aliphatic carbocycles. The molecular weight excluding hydrogens is 381 g/mol. The van der Waals surface area contributed by atoms with Crippen LogP contribution in [0, 0.1) is 19.7 Å². The summed E-state index contributed by atoms with van der Waals surface area (Å²) in [6.45, 7) is 7.18. The summed E-state index contributed by atoms with van der Waals surface area (Å²) in [6, 6.07) is 6.50. The Bertz CT molecular complexity index is 756. The first-order valence-corrected chi connectivity index (χ1v) is 10.5. The number of hydrogen-bond donors (Lipinski definition) is 1. The summed E-state index contributed by atoms with van der Waals surface area (Å²) in [4.78, 5) is 14.6. The Balaban J connectivity index is 1.53. The monoisotopic (exact) mass is 407 g/mol. The second-order valence-electron chi connectivity index (χ2n) is 6.82. The Morgan fingerprint density at radius 3 is 2.64 bits per heavy atom. The molecule has 1 aromatic carbocycles. The van der Waals surface area contributed by atoms with Gasteiger partial charge in [-0.05, 0) is 31.5 Å². The molecule has 3 rings (SSSR count). The Morgan fingerprint density at radius 2 is 2.00 bits per heavy atom. The zero-order chi connectivity index (χ0) is 19.9. The summed E-state index contributed by atoms with van der Waals surface area (Å²) in [5.74, 6) is 1.58. The van der Waals surface area contributed by atoms with Crippen LogP contribution in [0.3, 0.4) is 0 Å². The van der Waals surface area contributed by atoms with E-state index in [1.54, 1.807) is 12.1 Å². The van der Waals surface area contributed by atoms with Crippen molar-refractivity contribution in [2.75, 3.05) is 38.6 Å². The number of thioether (sulfide) groups is 1. The van der Waals surface area contributed by atoms with E-state index in [0.717, 1.165) is 35.7 Å². The minimum Gasteiger partial charge on any atom is -0.379 e. The van der Waals surface area contributed by atoms with Crippen molar-refractivity contribution < 1.29 is 18.4 Å². The van der Waals surface area contributed by atoms with Gasteiger partial charge in [0.25, 0.3) is 0 Å². The molecule has 1 aliphatic heterocycles. The van der Waals surface area contributed by atoms with Crippen LogP contribution < -0.4 is 5.32 Å². The van der Waals surface area contributed by atoms with Crippen LogP contribution >= 0.6 is 11.8 Å². The Labute approximate surface area is 168 Å². The van der Waals surface area contributed by atoms with Gasteiger partial charge >= 0.3 is 0 Å². The number of aromatic nitrogens is 1. The number of hydrogen-bond acceptors (Lipinski definition) is 6. The maximum Gasteiger partial charge on any atom is 0.230 e. The number of amides is 1. The molecule has 1 amide bonds. The van der Waals surface area contributed by atoms with Gasteiger partial charge in [-0.15, -0.1) is 11.8 Å². The van der Waals surface area contributed by atoms with Crippen molar-refractivity contribution in [3.05, 3.63) is 52.7 Å². The molecule has 1 saturated heterocycles. The Hall–Kier alpha value is -1.90. The zero-order valence-electron chi connectivity index (χ0n) is 16.2. The molecule has 1 unspecified atom stereocenters. The molecule has 1 aromatic heterocycles. The van der Waals surface area contributed by atoms with Crippen LogP contribution in [0.4, 0.5) is 4.39 Å². The van der Waals surface area contributed by atoms with Gasteiger partial charge < -0.3 is 14.6 Å². The first kappa shape index (κ1) is 20.8. The van der Waals surface area contributed by atoms with Gasteiger partial charge in [-0.3, -0.25) is 9.69 Å². The number of halogens is 1. The summed E-state index contributed by atoms with van der Waals surface area (Å²) in [6.07, 6.45) is 0. The molecule has 2 heterocycles. The summed E-state index contributed by atoms with van der Waals surface area (Å²) in [5.41, 5.74) is 2.91. The third-order valence-corrected chi connectivity index (χ3v) is 5.85. The van der Waals surface area contributed by atoms with Crippen LogP contribution in [0.5, 0.6) is 0 Å². The first-order chi connectivity index (χ1) is 13.5.